The highest BCUT2D eigenvalue weighted by molar-refractivity contribution is 5.50. The van der Waals surface area contributed by atoms with Crippen LogP contribution in [0.1, 0.15) is 43.9 Å². The van der Waals surface area contributed by atoms with Crippen LogP contribution in [-0.2, 0) is 13.5 Å². The summed E-state index contributed by atoms with van der Waals surface area (Å²) in [5.41, 5.74) is 2.54. The molecule has 0 unspecified atom stereocenters. The van der Waals surface area contributed by atoms with Gasteiger partial charge in [-0.25, -0.2) is 4.98 Å². The Morgan fingerprint density at radius 3 is 2.64 bits per heavy atom. The lowest BCUT2D eigenvalue weighted by Crippen LogP contribution is -2.00. The Morgan fingerprint density at radius 2 is 2.07 bits per heavy atom. The quantitative estimate of drug-likeness (QED) is 0.617. The smallest absolute Gasteiger partial charge is 0.106 e. The second-order valence-electron chi connectivity index (χ2n) is 3.70. The summed E-state index contributed by atoms with van der Waals surface area (Å²) in [5, 5.41) is 0. The highest BCUT2D eigenvalue weighted by Gasteiger charge is 2.11. The maximum absolute atomic E-state index is 4.43. The minimum absolute atomic E-state index is 1.11. The van der Waals surface area contributed by atoms with Crippen molar-refractivity contribution in [1.82, 2.24) is 9.55 Å². The van der Waals surface area contributed by atoms with E-state index in [1.807, 2.05) is 6.92 Å². The van der Waals surface area contributed by atoms with E-state index in [4.69, 9.17) is 0 Å². The molecule has 1 aliphatic rings. The van der Waals surface area contributed by atoms with Crippen LogP contribution < -0.4 is 0 Å². The summed E-state index contributed by atoms with van der Waals surface area (Å²) in [6, 6.07) is 0. The van der Waals surface area contributed by atoms with Gasteiger partial charge in [-0.05, 0) is 25.8 Å². The van der Waals surface area contributed by atoms with Crippen LogP contribution in [0.25, 0.3) is 6.08 Å². The van der Waals surface area contributed by atoms with Gasteiger partial charge >= 0.3 is 0 Å². The Bertz CT molecular complexity index is 321. The lowest BCUT2D eigenvalue weighted by molar-refractivity contribution is 0.776. The number of nitrogens with zero attached hydrogens (tertiary/aromatic N) is 2. The zero-order chi connectivity index (χ0) is 10.6. The van der Waals surface area contributed by atoms with Crippen LogP contribution in [0.4, 0.5) is 0 Å². The lowest BCUT2D eigenvalue weighted by Gasteiger charge is -2.05. The van der Waals surface area contributed by atoms with E-state index in [9.17, 15) is 0 Å². The van der Waals surface area contributed by atoms with E-state index in [-0.39, 0.29) is 0 Å². The van der Waals surface area contributed by atoms with Gasteiger partial charge in [-0.3, -0.25) is 0 Å². The van der Waals surface area contributed by atoms with Gasteiger partial charge in [0.1, 0.15) is 5.82 Å². The topological polar surface area (TPSA) is 17.8 Å². The fourth-order valence-corrected chi connectivity index (χ4v) is 1.53. The SMILES string of the molecule is CCC.Cc1nc2c(n1C)CCC=C2. The van der Waals surface area contributed by atoms with Gasteiger partial charge in [0.2, 0.25) is 0 Å². The van der Waals surface area contributed by atoms with Crippen LogP contribution in [0.3, 0.4) is 0 Å². The van der Waals surface area contributed by atoms with Gasteiger partial charge in [-0.1, -0.05) is 26.3 Å². The van der Waals surface area contributed by atoms with E-state index in [0.29, 0.717) is 0 Å². The zero-order valence-corrected chi connectivity index (χ0v) is 9.67. The van der Waals surface area contributed by atoms with E-state index in [1.54, 1.807) is 0 Å². The van der Waals surface area contributed by atoms with Gasteiger partial charge in [0.25, 0.3) is 0 Å². The highest BCUT2D eigenvalue weighted by Crippen LogP contribution is 2.18. The highest BCUT2D eigenvalue weighted by atomic mass is 15.1. The molecule has 1 aromatic rings. The van der Waals surface area contributed by atoms with Gasteiger partial charge in [0.15, 0.2) is 0 Å². The first-order valence-corrected chi connectivity index (χ1v) is 5.39. The molecule has 0 bridgehead atoms. The zero-order valence-electron chi connectivity index (χ0n) is 9.67. The van der Waals surface area contributed by atoms with Crippen LogP contribution in [0, 0.1) is 6.92 Å². The van der Waals surface area contributed by atoms with Gasteiger partial charge in [0, 0.05) is 12.7 Å². The summed E-state index contributed by atoms with van der Waals surface area (Å²) in [5.74, 6) is 1.11. The van der Waals surface area contributed by atoms with Gasteiger partial charge in [-0.15, -0.1) is 0 Å². The predicted octanol–water partition coefficient (Wildman–Crippen LogP) is 3.10. The molecule has 0 aliphatic heterocycles. The van der Waals surface area contributed by atoms with Crippen molar-refractivity contribution in [3.63, 3.8) is 0 Å². The summed E-state index contributed by atoms with van der Waals surface area (Å²) in [6.07, 6.45) is 7.86. The Balaban J connectivity index is 0.000000293. The summed E-state index contributed by atoms with van der Waals surface area (Å²) in [4.78, 5) is 4.43. The van der Waals surface area contributed by atoms with Crippen molar-refractivity contribution in [3.8, 4) is 0 Å². The number of rotatable bonds is 0. The van der Waals surface area contributed by atoms with Crippen molar-refractivity contribution in [3.05, 3.63) is 23.3 Å². The normalized spacial score (nSPS) is 13.1. The van der Waals surface area contributed by atoms with Crippen LogP contribution in [-0.4, -0.2) is 9.55 Å². The molecular weight excluding hydrogens is 172 g/mol. The molecule has 0 spiro atoms. The number of aryl methyl sites for hydroxylation is 1. The summed E-state index contributed by atoms with van der Waals surface area (Å²) < 4.78 is 2.18. The molecule has 0 saturated carbocycles. The Kier molecular flexibility index (Phi) is 3.93. The Labute approximate surface area is 86.7 Å². The number of imidazole rings is 1. The maximum Gasteiger partial charge on any atom is 0.106 e. The van der Waals surface area contributed by atoms with Crippen LogP contribution in [0.2, 0.25) is 0 Å². The molecule has 0 aromatic carbocycles. The number of hydrogen-bond donors (Lipinski definition) is 0. The van der Waals surface area contributed by atoms with Crippen molar-refractivity contribution in [1.29, 1.82) is 0 Å². The molecule has 0 atom stereocenters. The van der Waals surface area contributed by atoms with Gasteiger partial charge in [0.05, 0.1) is 5.69 Å². The average Bonchev–Trinajstić information content (AvgIpc) is 2.45. The largest absolute Gasteiger partial charge is 0.335 e. The third kappa shape index (κ3) is 2.25. The molecule has 2 heteroatoms. The Hall–Kier alpha value is -1.05. The molecule has 1 aliphatic carbocycles. The molecular formula is C12H20N2. The number of fused-ring (bicyclic) bond motifs is 1. The van der Waals surface area contributed by atoms with E-state index in [2.05, 4.69) is 42.6 Å². The molecule has 78 valence electrons. The standard InChI is InChI=1S/C9H12N2.C3H8/c1-7-10-8-5-3-4-6-9(8)11(7)2;1-3-2/h3,5H,4,6H2,1-2H3;3H2,1-2H3. The minimum Gasteiger partial charge on any atom is -0.335 e. The molecule has 0 fully saturated rings. The summed E-state index contributed by atoms with van der Waals surface area (Å²) in [7, 11) is 2.08. The van der Waals surface area contributed by atoms with Crippen molar-refractivity contribution in [2.24, 2.45) is 7.05 Å². The molecule has 0 radical (unpaired) electrons. The molecule has 2 nitrogen and oxygen atoms in total. The van der Waals surface area contributed by atoms with Crippen molar-refractivity contribution < 1.29 is 0 Å². The van der Waals surface area contributed by atoms with Crippen LogP contribution >= 0.6 is 0 Å². The fraction of sp³-hybridized carbons (Fsp3) is 0.583. The van der Waals surface area contributed by atoms with Crippen LogP contribution in [0.15, 0.2) is 6.08 Å². The molecule has 0 N–H and O–H groups in total. The first-order chi connectivity index (χ1) is 6.70. The molecule has 0 saturated heterocycles. The lowest BCUT2D eigenvalue weighted by atomic mass is 10.1. The maximum atomic E-state index is 4.43. The number of hydrogen-bond acceptors (Lipinski definition) is 1. The molecule has 0 amide bonds. The first kappa shape index (κ1) is 11.0. The van der Waals surface area contributed by atoms with Crippen LogP contribution in [0.5, 0.6) is 0 Å². The van der Waals surface area contributed by atoms with Gasteiger partial charge in [-0.2, -0.15) is 0 Å². The van der Waals surface area contributed by atoms with Crippen molar-refractivity contribution >= 4 is 6.08 Å². The van der Waals surface area contributed by atoms with Crippen molar-refractivity contribution in [2.45, 2.75) is 40.0 Å². The average molecular weight is 192 g/mol. The molecule has 2 rings (SSSR count). The minimum atomic E-state index is 1.11. The monoisotopic (exact) mass is 192 g/mol. The molecule has 1 heterocycles. The third-order valence-corrected chi connectivity index (χ3v) is 2.29. The fourth-order valence-electron chi connectivity index (χ4n) is 1.53. The van der Waals surface area contributed by atoms with Gasteiger partial charge < -0.3 is 4.57 Å². The molecule has 1 aromatic heterocycles. The summed E-state index contributed by atoms with van der Waals surface area (Å²) in [6.45, 7) is 6.30. The van der Waals surface area contributed by atoms with E-state index in [0.717, 1.165) is 24.4 Å². The van der Waals surface area contributed by atoms with E-state index >= 15 is 0 Å². The number of allylic oxidation sites excluding steroid dienone is 1. The molecule has 14 heavy (non-hydrogen) atoms. The Morgan fingerprint density at radius 1 is 1.43 bits per heavy atom. The van der Waals surface area contributed by atoms with E-state index < -0.39 is 0 Å². The number of aromatic nitrogens is 2. The third-order valence-electron chi connectivity index (χ3n) is 2.29. The second kappa shape index (κ2) is 4.99. The summed E-state index contributed by atoms with van der Waals surface area (Å²) >= 11 is 0. The predicted molar refractivity (Wildman–Crippen MR) is 61.3 cm³/mol. The second-order valence-corrected chi connectivity index (χ2v) is 3.70. The first-order valence-electron chi connectivity index (χ1n) is 5.39. The van der Waals surface area contributed by atoms with Crippen molar-refractivity contribution in [2.75, 3.05) is 0 Å². The van der Waals surface area contributed by atoms with E-state index in [1.165, 1.54) is 12.1 Å².